The molecule has 1 amide bonds. The molecule has 0 spiro atoms. The second kappa shape index (κ2) is 23.5. The van der Waals surface area contributed by atoms with Crippen LogP contribution in [0.2, 0.25) is 0 Å². The molecular formula is C39H59F4N5O3. The van der Waals surface area contributed by atoms with Crippen molar-refractivity contribution in [1.29, 1.82) is 0 Å². The zero-order valence-corrected chi connectivity index (χ0v) is 32.1. The van der Waals surface area contributed by atoms with Gasteiger partial charge in [0.1, 0.15) is 23.2 Å². The molecular weight excluding hydrogens is 662 g/mol. The quantitative estimate of drug-likeness (QED) is 0.189. The van der Waals surface area contributed by atoms with E-state index in [4.69, 9.17) is 9.47 Å². The van der Waals surface area contributed by atoms with Crippen LogP contribution in [-0.4, -0.2) is 48.2 Å². The van der Waals surface area contributed by atoms with Crippen LogP contribution in [-0.2, 0) is 19.0 Å². The van der Waals surface area contributed by atoms with E-state index in [0.717, 1.165) is 49.3 Å². The van der Waals surface area contributed by atoms with Crippen LogP contribution < -0.4 is 25.4 Å². The molecule has 5 rings (SSSR count). The molecule has 2 aromatic carbocycles. The summed E-state index contributed by atoms with van der Waals surface area (Å²) in [4.78, 5) is 20.5. The maximum atomic E-state index is 15.0. The first kappa shape index (κ1) is 45.1. The van der Waals surface area contributed by atoms with Crippen LogP contribution in [0.1, 0.15) is 121 Å². The normalized spacial score (nSPS) is 14.3. The third-order valence-corrected chi connectivity index (χ3v) is 8.18. The summed E-state index contributed by atoms with van der Waals surface area (Å²) in [6, 6.07) is 10.5. The molecule has 1 atom stereocenters. The molecule has 8 nitrogen and oxygen atoms in total. The van der Waals surface area contributed by atoms with Gasteiger partial charge in [-0.2, -0.15) is 18.2 Å². The molecule has 3 aromatic rings. The molecule has 0 radical (unpaired) electrons. The van der Waals surface area contributed by atoms with E-state index in [2.05, 4.69) is 39.8 Å². The van der Waals surface area contributed by atoms with Crippen molar-refractivity contribution >= 4 is 17.5 Å². The van der Waals surface area contributed by atoms with Gasteiger partial charge in [-0.15, -0.1) is 0 Å². The molecule has 51 heavy (non-hydrogen) atoms. The fraction of sp³-hybridized carbons (Fsp3) is 0.564. The minimum absolute atomic E-state index is 0.0129. The summed E-state index contributed by atoms with van der Waals surface area (Å²) < 4.78 is 67.2. The number of carbonyl (C=O) groups excluding carboxylic acids is 1. The molecule has 1 fully saturated rings. The van der Waals surface area contributed by atoms with Gasteiger partial charge in [0.2, 0.25) is 11.8 Å². The zero-order chi connectivity index (χ0) is 38.6. The molecule has 1 aromatic heterocycles. The minimum Gasteiger partial charge on any atom is -0.495 e. The number of ether oxygens (including phenoxy) is 2. The van der Waals surface area contributed by atoms with E-state index in [0.29, 0.717) is 25.1 Å². The highest BCUT2D eigenvalue weighted by atomic mass is 19.4. The predicted molar refractivity (Wildman–Crippen MR) is 199 cm³/mol. The molecule has 1 saturated carbocycles. The number of methoxy groups -OCH3 is 1. The summed E-state index contributed by atoms with van der Waals surface area (Å²) in [6.45, 7) is 16.3. The first-order valence-corrected chi connectivity index (χ1v) is 18.3. The highest BCUT2D eigenvalue weighted by Gasteiger charge is 2.38. The Labute approximate surface area is 302 Å². The van der Waals surface area contributed by atoms with Gasteiger partial charge in [-0.25, -0.2) is 9.37 Å². The summed E-state index contributed by atoms with van der Waals surface area (Å²) in [5.41, 5.74) is 0.758. The number of benzene rings is 2. The van der Waals surface area contributed by atoms with Gasteiger partial charge in [-0.3, -0.25) is 4.79 Å². The van der Waals surface area contributed by atoms with Crippen molar-refractivity contribution in [3.8, 4) is 11.6 Å². The molecule has 12 heteroatoms. The first-order valence-electron chi connectivity index (χ1n) is 18.3. The first-order chi connectivity index (χ1) is 24.5. The Morgan fingerprint density at radius 2 is 1.57 bits per heavy atom. The van der Waals surface area contributed by atoms with Crippen LogP contribution in [0, 0.1) is 5.82 Å². The molecule has 1 heterocycles. The lowest BCUT2D eigenvalue weighted by Crippen LogP contribution is -2.36. The summed E-state index contributed by atoms with van der Waals surface area (Å²) in [7, 11) is 3.31. The fourth-order valence-electron chi connectivity index (χ4n) is 5.30. The van der Waals surface area contributed by atoms with Crippen molar-refractivity contribution < 1.29 is 31.8 Å². The lowest BCUT2D eigenvalue weighted by Gasteiger charge is -2.23. The monoisotopic (exact) mass is 721 g/mol. The average Bonchev–Trinajstić information content (AvgIpc) is 3.56. The largest absolute Gasteiger partial charge is 0.495 e. The molecule has 0 bridgehead atoms. The number of hydrogen-bond donors (Lipinski definition) is 3. The van der Waals surface area contributed by atoms with Crippen LogP contribution in [0.25, 0.3) is 0 Å². The number of halogens is 4. The van der Waals surface area contributed by atoms with Crippen molar-refractivity contribution in [2.24, 2.45) is 0 Å². The van der Waals surface area contributed by atoms with E-state index < -0.39 is 35.4 Å². The number of alkyl halides is 3. The summed E-state index contributed by atoms with van der Waals surface area (Å²) in [6.07, 6.45) is 2.28. The second-order valence-corrected chi connectivity index (χ2v) is 11.4. The molecule has 1 unspecified atom stereocenters. The minimum atomic E-state index is -4.74. The number of nitrogens with one attached hydrogen (secondary N) is 3. The Kier molecular flexibility index (Phi) is 20.8. The maximum absolute atomic E-state index is 15.0. The van der Waals surface area contributed by atoms with Crippen molar-refractivity contribution in [3.63, 3.8) is 0 Å². The van der Waals surface area contributed by atoms with Gasteiger partial charge in [-0.05, 0) is 50.4 Å². The standard InChI is InChI=1S/C28H28F4N4O3.C5H13N.3C2H6/c1-38-24-13-20(25(37)34-18-9-3-2-4-10-18)22(29)14-23(24)35-27-33-15-21(28(30,31)32)26(36-27)39-19-11-16-7-5-6-8-17(16)12-19;1-4-5(2)6-3;3*1-2/h5-8,13-15,18-19H,2-4,9-12H2,1H3,(H,34,37)(H,33,35,36);5-6H,4H2,1-3H3;3*1-2H3. The van der Waals surface area contributed by atoms with Crippen molar-refractivity contribution in [2.45, 2.75) is 131 Å². The molecule has 0 saturated heterocycles. The van der Waals surface area contributed by atoms with Crippen LogP contribution >= 0.6 is 0 Å². The summed E-state index contributed by atoms with van der Waals surface area (Å²) in [5, 5.41) is 8.68. The smallest absolute Gasteiger partial charge is 0.423 e. The van der Waals surface area contributed by atoms with E-state index in [1.165, 1.54) is 19.6 Å². The molecule has 0 aliphatic heterocycles. The lowest BCUT2D eigenvalue weighted by atomic mass is 9.95. The van der Waals surface area contributed by atoms with Gasteiger partial charge in [0.25, 0.3) is 5.91 Å². The highest BCUT2D eigenvalue weighted by Crippen LogP contribution is 2.38. The summed E-state index contributed by atoms with van der Waals surface area (Å²) >= 11 is 0. The number of hydrogen-bond acceptors (Lipinski definition) is 7. The van der Waals surface area contributed by atoms with Crippen LogP contribution in [0.3, 0.4) is 0 Å². The van der Waals surface area contributed by atoms with E-state index >= 15 is 4.39 Å². The van der Waals surface area contributed by atoms with E-state index in [1.54, 1.807) is 0 Å². The molecule has 286 valence electrons. The fourth-order valence-corrected chi connectivity index (χ4v) is 5.30. The van der Waals surface area contributed by atoms with Crippen LogP contribution in [0.5, 0.6) is 11.6 Å². The highest BCUT2D eigenvalue weighted by molar-refractivity contribution is 5.96. The van der Waals surface area contributed by atoms with E-state index in [1.807, 2.05) is 72.9 Å². The van der Waals surface area contributed by atoms with Crippen LogP contribution in [0.4, 0.5) is 29.2 Å². The predicted octanol–water partition coefficient (Wildman–Crippen LogP) is 10.1. The Hall–Kier alpha value is -3.93. The van der Waals surface area contributed by atoms with Crippen molar-refractivity contribution in [3.05, 3.63) is 70.7 Å². The lowest BCUT2D eigenvalue weighted by molar-refractivity contribution is -0.139. The second-order valence-electron chi connectivity index (χ2n) is 11.4. The SMILES string of the molecule is CC.CC.CC.CCC(C)NC.COc1cc(C(=O)NC2CCCCC2)c(F)cc1Nc1ncc(C(F)(F)F)c(OC2Cc3ccccc3C2)n1. The van der Waals surface area contributed by atoms with Gasteiger partial charge in [-0.1, -0.05) is 92.0 Å². The van der Waals surface area contributed by atoms with E-state index in [9.17, 15) is 18.0 Å². The third kappa shape index (κ3) is 14.0. The zero-order valence-electron chi connectivity index (χ0n) is 32.1. The number of amides is 1. The average molecular weight is 722 g/mol. The number of anilines is 2. The van der Waals surface area contributed by atoms with Gasteiger partial charge >= 0.3 is 6.18 Å². The van der Waals surface area contributed by atoms with Crippen LogP contribution in [0.15, 0.2) is 42.6 Å². The number of nitrogens with zero attached hydrogens (tertiary/aromatic N) is 2. The van der Waals surface area contributed by atoms with E-state index in [-0.39, 0.29) is 29.0 Å². The van der Waals surface area contributed by atoms with Gasteiger partial charge in [0.05, 0.1) is 18.4 Å². The van der Waals surface area contributed by atoms with Gasteiger partial charge in [0, 0.05) is 37.2 Å². The Morgan fingerprint density at radius 1 is 0.980 bits per heavy atom. The topological polar surface area (TPSA) is 97.4 Å². The van der Waals surface area contributed by atoms with Gasteiger partial charge in [0.15, 0.2) is 0 Å². The third-order valence-electron chi connectivity index (χ3n) is 8.18. The van der Waals surface area contributed by atoms with Crippen molar-refractivity contribution in [2.75, 3.05) is 19.5 Å². The number of carbonyl (C=O) groups is 1. The summed E-state index contributed by atoms with van der Waals surface area (Å²) in [5.74, 6) is -2.14. The molecule has 2 aliphatic carbocycles. The Morgan fingerprint density at radius 3 is 2.06 bits per heavy atom. The Balaban J connectivity index is 0.000000958. The number of rotatable bonds is 9. The molecule has 2 aliphatic rings. The Bertz CT molecular complexity index is 1420. The molecule has 3 N–H and O–H groups in total. The number of aromatic nitrogens is 2. The number of fused-ring (bicyclic) bond motifs is 1. The maximum Gasteiger partial charge on any atom is 0.423 e. The van der Waals surface area contributed by atoms with Gasteiger partial charge < -0.3 is 25.4 Å². The van der Waals surface area contributed by atoms with Crippen molar-refractivity contribution in [1.82, 2.24) is 20.6 Å².